The molecule has 0 unspecified atom stereocenters. The van der Waals surface area contributed by atoms with Crippen LogP contribution in [0.5, 0.6) is 23.0 Å². The second kappa shape index (κ2) is 25.4. The predicted octanol–water partition coefficient (Wildman–Crippen LogP) is 11.5. The highest BCUT2D eigenvalue weighted by Gasteiger charge is 2.18. The fourth-order valence-electron chi connectivity index (χ4n) is 5.68. The van der Waals surface area contributed by atoms with Gasteiger partial charge in [-0.1, -0.05) is 140 Å². The van der Waals surface area contributed by atoms with Crippen LogP contribution in [-0.2, 0) is 11.3 Å². The molecule has 0 aliphatic carbocycles. The second-order valence-corrected chi connectivity index (χ2v) is 12.6. The summed E-state index contributed by atoms with van der Waals surface area (Å²) in [7, 11) is 1.38. The molecule has 3 aromatic rings. The van der Waals surface area contributed by atoms with Gasteiger partial charge in [0, 0.05) is 6.42 Å². The van der Waals surface area contributed by atoms with E-state index in [9.17, 15) is 4.79 Å². The topological polar surface area (TPSA) is 63.2 Å². The van der Waals surface area contributed by atoms with E-state index < -0.39 is 5.97 Å². The number of rotatable bonds is 28. The SMILES string of the molecule is CCCCCCCCCCCCCCCCCCOc1cccc(C(=O)OC)c1OCCCOc1ccc(OCc2ccccc2)cc1. The van der Waals surface area contributed by atoms with Crippen molar-refractivity contribution in [3.05, 3.63) is 83.9 Å². The molecule has 0 saturated carbocycles. The molecule has 0 N–H and O–H groups in total. The maximum absolute atomic E-state index is 12.5. The predicted molar refractivity (Wildman–Crippen MR) is 196 cm³/mol. The Morgan fingerprint density at radius 1 is 0.500 bits per heavy atom. The quantitative estimate of drug-likeness (QED) is 0.0570. The minimum absolute atomic E-state index is 0.369. The van der Waals surface area contributed by atoms with Gasteiger partial charge >= 0.3 is 5.97 Å². The van der Waals surface area contributed by atoms with E-state index in [1.165, 1.54) is 97.0 Å². The van der Waals surface area contributed by atoms with Crippen LogP contribution in [-0.4, -0.2) is 32.9 Å². The van der Waals surface area contributed by atoms with Crippen LogP contribution in [0, 0.1) is 0 Å². The van der Waals surface area contributed by atoms with Crippen LogP contribution in [0.1, 0.15) is 132 Å². The first-order chi connectivity index (χ1) is 23.7. The Bertz CT molecular complexity index is 1230. The molecule has 6 heteroatoms. The monoisotopic (exact) mass is 660 g/mol. The number of methoxy groups -OCH3 is 1. The maximum Gasteiger partial charge on any atom is 0.341 e. The van der Waals surface area contributed by atoms with Crippen molar-refractivity contribution in [2.24, 2.45) is 0 Å². The third-order valence-electron chi connectivity index (χ3n) is 8.52. The number of hydrogen-bond donors (Lipinski definition) is 0. The van der Waals surface area contributed by atoms with Crippen molar-refractivity contribution >= 4 is 5.97 Å². The van der Waals surface area contributed by atoms with Crippen molar-refractivity contribution in [1.82, 2.24) is 0 Å². The summed E-state index contributed by atoms with van der Waals surface area (Å²) in [6, 6.07) is 23.1. The van der Waals surface area contributed by atoms with E-state index in [4.69, 9.17) is 23.7 Å². The summed E-state index contributed by atoms with van der Waals surface area (Å²) >= 11 is 0. The fourth-order valence-corrected chi connectivity index (χ4v) is 5.68. The summed E-state index contributed by atoms with van der Waals surface area (Å²) in [6.07, 6.45) is 22.0. The molecule has 0 aliphatic heterocycles. The molecule has 0 heterocycles. The number of esters is 1. The van der Waals surface area contributed by atoms with Crippen LogP contribution >= 0.6 is 0 Å². The van der Waals surface area contributed by atoms with Crippen molar-refractivity contribution in [3.8, 4) is 23.0 Å². The third-order valence-corrected chi connectivity index (χ3v) is 8.52. The number of benzene rings is 3. The number of unbranched alkanes of at least 4 members (excludes halogenated alkanes) is 15. The molecule has 0 bridgehead atoms. The molecule has 264 valence electrons. The number of carbonyl (C=O) groups is 1. The Balaban J connectivity index is 1.27. The first-order valence-electron chi connectivity index (χ1n) is 18.6. The number of carbonyl (C=O) groups excluding carboxylic acids is 1. The smallest absolute Gasteiger partial charge is 0.341 e. The molecule has 6 nitrogen and oxygen atoms in total. The van der Waals surface area contributed by atoms with Gasteiger partial charge in [0.05, 0.1) is 26.9 Å². The van der Waals surface area contributed by atoms with Crippen LogP contribution < -0.4 is 18.9 Å². The van der Waals surface area contributed by atoms with Crippen molar-refractivity contribution in [2.45, 2.75) is 123 Å². The van der Waals surface area contributed by atoms with Crippen molar-refractivity contribution in [1.29, 1.82) is 0 Å². The van der Waals surface area contributed by atoms with Crippen LogP contribution in [0.15, 0.2) is 72.8 Å². The Hall–Kier alpha value is -3.67. The fraction of sp³-hybridized carbons (Fsp3) is 0.548. The summed E-state index contributed by atoms with van der Waals surface area (Å²) < 4.78 is 28.9. The van der Waals surface area contributed by atoms with E-state index in [0.717, 1.165) is 29.9 Å². The maximum atomic E-state index is 12.5. The Labute approximate surface area is 290 Å². The van der Waals surface area contributed by atoms with Gasteiger partial charge in [0.1, 0.15) is 23.7 Å². The molecular formula is C42H60O6. The largest absolute Gasteiger partial charge is 0.493 e. The van der Waals surface area contributed by atoms with Gasteiger partial charge in [-0.25, -0.2) is 4.79 Å². The minimum atomic E-state index is -0.441. The van der Waals surface area contributed by atoms with Crippen molar-refractivity contribution in [3.63, 3.8) is 0 Å². The van der Waals surface area contributed by atoms with Crippen LogP contribution in [0.4, 0.5) is 0 Å². The number of para-hydroxylation sites is 1. The first kappa shape index (κ1) is 38.8. The van der Waals surface area contributed by atoms with Gasteiger partial charge in [0.25, 0.3) is 0 Å². The molecule has 0 amide bonds. The van der Waals surface area contributed by atoms with Gasteiger partial charge < -0.3 is 23.7 Å². The van der Waals surface area contributed by atoms with Gasteiger partial charge in [-0.05, 0) is 48.4 Å². The zero-order valence-corrected chi connectivity index (χ0v) is 29.7. The second-order valence-electron chi connectivity index (χ2n) is 12.6. The molecule has 0 atom stereocenters. The third kappa shape index (κ3) is 16.4. The summed E-state index contributed by atoms with van der Waals surface area (Å²) in [5.74, 6) is 2.12. The zero-order chi connectivity index (χ0) is 33.9. The molecule has 0 aliphatic rings. The van der Waals surface area contributed by atoms with Crippen molar-refractivity contribution < 1.29 is 28.5 Å². The van der Waals surface area contributed by atoms with E-state index in [0.29, 0.717) is 49.9 Å². The van der Waals surface area contributed by atoms with Gasteiger partial charge in [-0.2, -0.15) is 0 Å². The lowest BCUT2D eigenvalue weighted by atomic mass is 10.0. The highest BCUT2D eigenvalue weighted by Crippen LogP contribution is 2.32. The van der Waals surface area contributed by atoms with Crippen LogP contribution in [0.3, 0.4) is 0 Å². The van der Waals surface area contributed by atoms with Gasteiger partial charge in [0.15, 0.2) is 11.5 Å². The van der Waals surface area contributed by atoms with E-state index in [1.807, 2.05) is 60.7 Å². The summed E-state index contributed by atoms with van der Waals surface area (Å²) in [6.45, 7) is 4.24. The van der Waals surface area contributed by atoms with Gasteiger partial charge in [0.2, 0.25) is 0 Å². The van der Waals surface area contributed by atoms with Gasteiger partial charge in [-0.15, -0.1) is 0 Å². The average Bonchev–Trinajstić information content (AvgIpc) is 3.12. The first-order valence-corrected chi connectivity index (χ1v) is 18.6. The minimum Gasteiger partial charge on any atom is -0.493 e. The average molecular weight is 661 g/mol. The molecule has 0 radical (unpaired) electrons. The molecular weight excluding hydrogens is 600 g/mol. The van der Waals surface area contributed by atoms with Gasteiger partial charge in [-0.3, -0.25) is 0 Å². The zero-order valence-electron chi connectivity index (χ0n) is 29.7. The lowest BCUT2D eigenvalue weighted by Crippen LogP contribution is -2.11. The van der Waals surface area contributed by atoms with Crippen LogP contribution in [0.2, 0.25) is 0 Å². The Kier molecular flexibility index (Phi) is 20.5. The molecule has 0 saturated heterocycles. The lowest BCUT2D eigenvalue weighted by molar-refractivity contribution is 0.0594. The summed E-state index contributed by atoms with van der Waals surface area (Å²) in [5, 5.41) is 0. The number of ether oxygens (including phenoxy) is 5. The Morgan fingerprint density at radius 3 is 1.60 bits per heavy atom. The van der Waals surface area contributed by atoms with E-state index in [-0.39, 0.29) is 0 Å². The standard InChI is InChI=1S/C42H60O6/c1-3-4-5-6-7-8-9-10-11-12-13-14-15-16-17-21-32-46-40-27-22-26-39(42(43)44-2)41(40)47-34-23-33-45-37-28-30-38(31-29-37)48-35-36-24-19-18-20-25-36/h18-20,22,24-31H,3-17,21,23,32-35H2,1-2H3. The molecule has 3 rings (SSSR count). The van der Waals surface area contributed by atoms with E-state index >= 15 is 0 Å². The molecule has 0 fully saturated rings. The highest BCUT2D eigenvalue weighted by atomic mass is 16.5. The normalized spacial score (nSPS) is 10.9. The molecule has 3 aromatic carbocycles. The Morgan fingerprint density at radius 2 is 1.02 bits per heavy atom. The highest BCUT2D eigenvalue weighted by molar-refractivity contribution is 5.93. The summed E-state index contributed by atoms with van der Waals surface area (Å²) in [4.78, 5) is 12.5. The summed E-state index contributed by atoms with van der Waals surface area (Å²) in [5.41, 5.74) is 1.49. The van der Waals surface area contributed by atoms with E-state index in [2.05, 4.69) is 6.92 Å². The molecule has 0 spiro atoms. The molecule has 48 heavy (non-hydrogen) atoms. The lowest BCUT2D eigenvalue weighted by Gasteiger charge is -2.16. The van der Waals surface area contributed by atoms with Crippen molar-refractivity contribution in [2.75, 3.05) is 26.9 Å². The van der Waals surface area contributed by atoms with Crippen LogP contribution in [0.25, 0.3) is 0 Å². The van der Waals surface area contributed by atoms with E-state index in [1.54, 1.807) is 12.1 Å². The molecule has 0 aromatic heterocycles. The number of hydrogen-bond acceptors (Lipinski definition) is 6.